The molecule has 2 heteroatoms. The van der Waals surface area contributed by atoms with E-state index in [4.69, 9.17) is 0 Å². The molecule has 2 saturated carbocycles. The number of hydrogen-bond donors (Lipinski definition) is 1. The molecule has 1 unspecified atom stereocenters. The zero-order valence-corrected chi connectivity index (χ0v) is 21.7. The maximum Gasteiger partial charge on any atom is 0.138 e. The number of aliphatic hydroxyl groups excluding tert-OH is 1. The Hall–Kier alpha value is -1.15. The number of hydrogen-bond acceptors (Lipinski definition) is 2. The maximum atomic E-state index is 12.8. The standard InChI is InChI=1S/C30H46O2/c1-20(19-31)9-8-10-21(2)22-13-17-30(7)24-11-12-25-27(3,4)26(32)15-16-28(25,5)23(24)14-18-29(22,30)6/h9,11,14,21-22,25,31H,8,10,12-13,15-19H2,1-7H3/b20-9+/t21-,22-,25?,28-,29-,30+/m1/s1. The highest BCUT2D eigenvalue weighted by Crippen LogP contribution is 2.71. The predicted molar refractivity (Wildman–Crippen MR) is 133 cm³/mol. The van der Waals surface area contributed by atoms with Gasteiger partial charge in [0, 0.05) is 11.8 Å². The first kappa shape index (κ1) is 24.0. The fourth-order valence-corrected chi connectivity index (χ4v) is 8.62. The normalized spacial score (nSPS) is 41.9. The van der Waals surface area contributed by atoms with Gasteiger partial charge < -0.3 is 5.11 Å². The van der Waals surface area contributed by atoms with Crippen molar-refractivity contribution in [2.75, 3.05) is 6.61 Å². The Bertz CT molecular complexity index is 873. The largest absolute Gasteiger partial charge is 0.392 e. The first-order valence-corrected chi connectivity index (χ1v) is 13.1. The van der Waals surface area contributed by atoms with Crippen molar-refractivity contribution in [2.24, 2.45) is 39.4 Å². The third kappa shape index (κ3) is 3.26. The molecule has 0 bridgehead atoms. The van der Waals surface area contributed by atoms with Crippen molar-refractivity contribution in [2.45, 2.75) is 99.8 Å². The van der Waals surface area contributed by atoms with Crippen LogP contribution in [0.3, 0.4) is 0 Å². The van der Waals surface area contributed by atoms with E-state index in [2.05, 4.69) is 59.8 Å². The SMILES string of the molecule is C/C(=C\CC[C@@H](C)[C@H]1CC[C@@]2(C)C3=CCC4C(C)(C)C(=O)CC[C@]4(C)C3=CC[C@]12C)CO. The van der Waals surface area contributed by atoms with Gasteiger partial charge in [0.1, 0.15) is 5.78 Å². The molecule has 4 aliphatic rings. The average molecular weight is 439 g/mol. The lowest BCUT2D eigenvalue weighted by Gasteiger charge is -2.59. The van der Waals surface area contributed by atoms with E-state index in [1.54, 1.807) is 11.1 Å². The highest BCUT2D eigenvalue weighted by atomic mass is 16.3. The summed E-state index contributed by atoms with van der Waals surface area (Å²) in [4.78, 5) is 12.8. The van der Waals surface area contributed by atoms with Gasteiger partial charge in [-0.25, -0.2) is 0 Å². The van der Waals surface area contributed by atoms with Crippen LogP contribution in [0.25, 0.3) is 0 Å². The molecule has 2 nitrogen and oxygen atoms in total. The first-order chi connectivity index (χ1) is 14.9. The van der Waals surface area contributed by atoms with E-state index < -0.39 is 0 Å². The van der Waals surface area contributed by atoms with E-state index in [0.717, 1.165) is 37.2 Å². The summed E-state index contributed by atoms with van der Waals surface area (Å²) in [5.74, 6) is 2.32. The van der Waals surface area contributed by atoms with Gasteiger partial charge in [0.15, 0.2) is 0 Å². The Kier molecular flexibility index (Phi) is 5.97. The van der Waals surface area contributed by atoms with E-state index in [1.165, 1.54) is 25.7 Å². The lowest BCUT2D eigenvalue weighted by atomic mass is 9.44. The summed E-state index contributed by atoms with van der Waals surface area (Å²) in [6.07, 6.45) is 16.3. The molecule has 0 aromatic carbocycles. The smallest absolute Gasteiger partial charge is 0.138 e. The van der Waals surface area contributed by atoms with Crippen LogP contribution < -0.4 is 0 Å². The van der Waals surface area contributed by atoms with Crippen molar-refractivity contribution in [3.05, 3.63) is 34.9 Å². The van der Waals surface area contributed by atoms with Gasteiger partial charge in [0.25, 0.3) is 0 Å². The van der Waals surface area contributed by atoms with Gasteiger partial charge in [-0.05, 0) is 97.0 Å². The Balaban J connectivity index is 1.63. The molecule has 0 heterocycles. The number of aliphatic hydroxyl groups is 1. The highest BCUT2D eigenvalue weighted by molar-refractivity contribution is 5.86. The molecule has 4 rings (SSSR count). The number of allylic oxidation sites excluding steroid dienone is 5. The Labute approximate surface area is 196 Å². The molecule has 32 heavy (non-hydrogen) atoms. The summed E-state index contributed by atoms with van der Waals surface area (Å²) >= 11 is 0. The van der Waals surface area contributed by atoms with E-state index in [0.29, 0.717) is 23.0 Å². The fourth-order valence-electron chi connectivity index (χ4n) is 8.62. The fraction of sp³-hybridized carbons (Fsp3) is 0.767. The minimum absolute atomic E-state index is 0.141. The molecule has 0 spiro atoms. The molecule has 1 N–H and O–H groups in total. The van der Waals surface area contributed by atoms with Crippen LogP contribution >= 0.6 is 0 Å². The van der Waals surface area contributed by atoms with E-state index in [1.807, 2.05) is 6.92 Å². The molecule has 0 radical (unpaired) electrons. The third-order valence-corrected chi connectivity index (χ3v) is 11.1. The summed E-state index contributed by atoms with van der Waals surface area (Å²) in [5.41, 5.74) is 4.80. The first-order valence-electron chi connectivity index (χ1n) is 13.1. The Morgan fingerprint density at radius 1 is 1.16 bits per heavy atom. The van der Waals surface area contributed by atoms with Crippen LogP contribution in [0.2, 0.25) is 0 Å². The maximum absolute atomic E-state index is 12.8. The van der Waals surface area contributed by atoms with Crippen LogP contribution in [0.1, 0.15) is 99.8 Å². The topological polar surface area (TPSA) is 37.3 Å². The number of rotatable bonds is 5. The van der Waals surface area contributed by atoms with Crippen molar-refractivity contribution < 1.29 is 9.90 Å². The summed E-state index contributed by atoms with van der Waals surface area (Å²) < 4.78 is 0. The summed E-state index contributed by atoms with van der Waals surface area (Å²) in [6, 6.07) is 0. The summed E-state index contributed by atoms with van der Waals surface area (Å²) in [5, 5.41) is 9.30. The zero-order chi connectivity index (χ0) is 23.5. The van der Waals surface area contributed by atoms with Gasteiger partial charge in [-0.1, -0.05) is 65.3 Å². The Morgan fingerprint density at radius 2 is 1.88 bits per heavy atom. The minimum Gasteiger partial charge on any atom is -0.392 e. The summed E-state index contributed by atoms with van der Waals surface area (Å²) in [7, 11) is 0. The van der Waals surface area contributed by atoms with Crippen LogP contribution in [0.15, 0.2) is 34.9 Å². The second kappa shape index (κ2) is 7.97. The molecule has 4 aliphatic carbocycles. The van der Waals surface area contributed by atoms with E-state index >= 15 is 0 Å². The van der Waals surface area contributed by atoms with Gasteiger partial charge in [-0.2, -0.15) is 0 Å². The molecule has 178 valence electrons. The number of Topliss-reactive ketones (excluding diaryl/α,β-unsaturated/α-hetero) is 1. The summed E-state index contributed by atoms with van der Waals surface area (Å²) in [6.45, 7) is 16.7. The molecule has 0 saturated heterocycles. The molecule has 0 amide bonds. The van der Waals surface area contributed by atoms with Crippen LogP contribution in [-0.2, 0) is 4.79 Å². The van der Waals surface area contributed by atoms with Crippen LogP contribution in [0.4, 0.5) is 0 Å². The number of carbonyl (C=O) groups is 1. The lowest BCUT2D eigenvalue weighted by Crippen LogP contribution is -2.53. The van der Waals surface area contributed by atoms with Crippen molar-refractivity contribution in [3.8, 4) is 0 Å². The quantitative estimate of drug-likeness (QED) is 0.453. The molecule has 0 aromatic heterocycles. The van der Waals surface area contributed by atoms with Gasteiger partial charge >= 0.3 is 0 Å². The van der Waals surface area contributed by atoms with Crippen LogP contribution in [-0.4, -0.2) is 17.5 Å². The van der Waals surface area contributed by atoms with Gasteiger partial charge in [0.05, 0.1) is 6.61 Å². The van der Waals surface area contributed by atoms with Crippen molar-refractivity contribution in [1.82, 2.24) is 0 Å². The highest BCUT2D eigenvalue weighted by Gasteiger charge is 2.63. The zero-order valence-electron chi connectivity index (χ0n) is 21.7. The number of ketones is 1. The van der Waals surface area contributed by atoms with Crippen molar-refractivity contribution in [1.29, 1.82) is 0 Å². The lowest BCUT2D eigenvalue weighted by molar-refractivity contribution is -0.138. The molecular weight excluding hydrogens is 392 g/mol. The molecule has 2 fully saturated rings. The minimum atomic E-state index is -0.218. The molecule has 0 aromatic rings. The van der Waals surface area contributed by atoms with Crippen molar-refractivity contribution >= 4 is 5.78 Å². The van der Waals surface area contributed by atoms with Gasteiger partial charge in [0.2, 0.25) is 0 Å². The van der Waals surface area contributed by atoms with Gasteiger partial charge in [-0.3, -0.25) is 4.79 Å². The predicted octanol–water partition coefficient (Wildman–Crippen LogP) is 7.44. The second-order valence-electron chi connectivity index (χ2n) is 12.9. The van der Waals surface area contributed by atoms with Crippen molar-refractivity contribution in [3.63, 3.8) is 0 Å². The Morgan fingerprint density at radius 3 is 2.56 bits per heavy atom. The average Bonchev–Trinajstić information content (AvgIpc) is 3.02. The third-order valence-electron chi connectivity index (χ3n) is 11.1. The molecule has 6 atom stereocenters. The van der Waals surface area contributed by atoms with E-state index in [-0.39, 0.29) is 22.9 Å². The van der Waals surface area contributed by atoms with Crippen LogP contribution in [0.5, 0.6) is 0 Å². The van der Waals surface area contributed by atoms with E-state index in [9.17, 15) is 9.90 Å². The van der Waals surface area contributed by atoms with Crippen LogP contribution in [0, 0.1) is 39.4 Å². The second-order valence-corrected chi connectivity index (χ2v) is 12.9. The molecule has 0 aliphatic heterocycles. The monoisotopic (exact) mass is 438 g/mol. The molecular formula is C30H46O2. The number of carbonyl (C=O) groups excluding carboxylic acids is 1. The van der Waals surface area contributed by atoms with Gasteiger partial charge in [-0.15, -0.1) is 0 Å². The number of fused-ring (bicyclic) bond motifs is 5.